The van der Waals surface area contributed by atoms with Gasteiger partial charge in [0.05, 0.1) is 23.6 Å². The van der Waals surface area contributed by atoms with Gasteiger partial charge in [0.1, 0.15) is 5.82 Å². The van der Waals surface area contributed by atoms with Crippen LogP contribution in [0.1, 0.15) is 31.5 Å². The van der Waals surface area contributed by atoms with Crippen LogP contribution in [0.5, 0.6) is 0 Å². The molecule has 1 aliphatic rings. The van der Waals surface area contributed by atoms with Crippen molar-refractivity contribution in [2.75, 3.05) is 10.6 Å². The lowest BCUT2D eigenvalue weighted by Crippen LogP contribution is -2.15. The van der Waals surface area contributed by atoms with E-state index in [-0.39, 0.29) is 11.9 Å². The fourth-order valence-electron chi connectivity index (χ4n) is 2.34. The second-order valence-corrected chi connectivity index (χ2v) is 5.33. The molecule has 21 heavy (non-hydrogen) atoms. The molecule has 0 aliphatic heterocycles. The summed E-state index contributed by atoms with van der Waals surface area (Å²) < 4.78 is 0. The molecule has 3 rings (SSSR count). The highest BCUT2D eigenvalue weighted by molar-refractivity contribution is 5.88. The maximum atomic E-state index is 11.0. The molecular formula is C16H18N4O. The fraction of sp³-hybridized carbons (Fsp3) is 0.312. The van der Waals surface area contributed by atoms with Crippen molar-refractivity contribution in [1.29, 1.82) is 0 Å². The highest BCUT2D eigenvalue weighted by atomic mass is 16.1. The monoisotopic (exact) mass is 282 g/mol. The summed E-state index contributed by atoms with van der Waals surface area (Å²) >= 11 is 0. The van der Waals surface area contributed by atoms with Crippen molar-refractivity contribution in [2.45, 2.75) is 25.8 Å². The van der Waals surface area contributed by atoms with Crippen LogP contribution in [-0.2, 0) is 4.79 Å². The molecule has 1 fully saturated rings. The molecule has 2 aromatic rings. The summed E-state index contributed by atoms with van der Waals surface area (Å²) in [5, 5.41) is 6.16. The van der Waals surface area contributed by atoms with Gasteiger partial charge < -0.3 is 10.6 Å². The van der Waals surface area contributed by atoms with Gasteiger partial charge in [-0.15, -0.1) is 0 Å². The topological polar surface area (TPSA) is 66.9 Å². The van der Waals surface area contributed by atoms with Crippen LogP contribution in [0.15, 0.2) is 42.7 Å². The van der Waals surface area contributed by atoms with Crippen molar-refractivity contribution >= 4 is 17.4 Å². The third-order valence-electron chi connectivity index (χ3n) is 3.49. The molecule has 1 atom stereocenters. The lowest BCUT2D eigenvalue weighted by Gasteiger charge is -2.18. The first kappa shape index (κ1) is 13.5. The van der Waals surface area contributed by atoms with E-state index in [0.717, 1.165) is 11.5 Å². The number of hydrogen-bond acceptors (Lipinski definition) is 4. The van der Waals surface area contributed by atoms with Gasteiger partial charge >= 0.3 is 0 Å². The third-order valence-corrected chi connectivity index (χ3v) is 3.49. The Morgan fingerprint density at radius 2 is 2.10 bits per heavy atom. The predicted molar refractivity (Wildman–Crippen MR) is 81.9 cm³/mol. The number of pyridine rings is 2. The lowest BCUT2D eigenvalue weighted by atomic mass is 10.1. The molecule has 108 valence electrons. The first-order chi connectivity index (χ1) is 10.2. The second kappa shape index (κ2) is 5.91. The van der Waals surface area contributed by atoms with Crippen molar-refractivity contribution in [3.63, 3.8) is 0 Å². The van der Waals surface area contributed by atoms with Crippen LogP contribution in [0.25, 0.3) is 0 Å². The summed E-state index contributed by atoms with van der Waals surface area (Å²) in [5.41, 5.74) is 1.75. The Hall–Kier alpha value is -2.43. The van der Waals surface area contributed by atoms with Crippen LogP contribution >= 0.6 is 0 Å². The SMILES string of the molecule is CC(=O)Nc1ccc(NC(c2ccccn2)C2CC2)nc1. The molecule has 0 saturated heterocycles. The highest BCUT2D eigenvalue weighted by Crippen LogP contribution is 2.42. The van der Waals surface area contributed by atoms with Crippen molar-refractivity contribution in [2.24, 2.45) is 5.92 Å². The first-order valence-corrected chi connectivity index (χ1v) is 7.13. The molecule has 5 heteroatoms. The van der Waals surface area contributed by atoms with Crippen LogP contribution in [-0.4, -0.2) is 15.9 Å². The molecule has 1 amide bonds. The Morgan fingerprint density at radius 3 is 2.67 bits per heavy atom. The molecule has 1 unspecified atom stereocenters. The van der Waals surface area contributed by atoms with E-state index in [0.29, 0.717) is 11.6 Å². The van der Waals surface area contributed by atoms with Crippen LogP contribution in [0.3, 0.4) is 0 Å². The maximum absolute atomic E-state index is 11.0. The molecule has 0 bridgehead atoms. The Kier molecular flexibility index (Phi) is 3.81. The molecule has 0 spiro atoms. The van der Waals surface area contributed by atoms with Gasteiger partial charge in [-0.1, -0.05) is 6.07 Å². The minimum Gasteiger partial charge on any atom is -0.361 e. The van der Waals surface area contributed by atoms with Crippen molar-refractivity contribution in [1.82, 2.24) is 9.97 Å². The zero-order valence-corrected chi connectivity index (χ0v) is 11.9. The van der Waals surface area contributed by atoms with Crippen molar-refractivity contribution in [3.05, 3.63) is 48.4 Å². The lowest BCUT2D eigenvalue weighted by molar-refractivity contribution is -0.114. The number of nitrogens with zero attached hydrogens (tertiary/aromatic N) is 2. The number of carbonyl (C=O) groups excluding carboxylic acids is 1. The largest absolute Gasteiger partial charge is 0.361 e. The molecule has 5 nitrogen and oxygen atoms in total. The number of carbonyl (C=O) groups is 1. The smallest absolute Gasteiger partial charge is 0.221 e. The van der Waals surface area contributed by atoms with Crippen LogP contribution in [0.2, 0.25) is 0 Å². The van der Waals surface area contributed by atoms with E-state index in [9.17, 15) is 4.79 Å². The van der Waals surface area contributed by atoms with Crippen LogP contribution in [0, 0.1) is 5.92 Å². The molecule has 1 aliphatic carbocycles. The Morgan fingerprint density at radius 1 is 1.24 bits per heavy atom. The van der Waals surface area contributed by atoms with Gasteiger partial charge in [0, 0.05) is 13.1 Å². The zero-order valence-electron chi connectivity index (χ0n) is 11.9. The summed E-state index contributed by atoms with van der Waals surface area (Å²) in [6.45, 7) is 1.48. The number of amides is 1. The van der Waals surface area contributed by atoms with Gasteiger partial charge in [-0.25, -0.2) is 4.98 Å². The number of aromatic nitrogens is 2. The molecule has 0 radical (unpaired) electrons. The Balaban J connectivity index is 1.73. The minimum absolute atomic E-state index is 0.0955. The number of hydrogen-bond donors (Lipinski definition) is 2. The number of rotatable bonds is 5. The summed E-state index contributed by atoms with van der Waals surface area (Å²) in [4.78, 5) is 19.8. The molecular weight excluding hydrogens is 264 g/mol. The standard InChI is InChI=1S/C16H18N4O/c1-11(21)19-13-7-8-15(18-10-13)20-16(12-5-6-12)14-4-2-3-9-17-14/h2-4,7-10,12,16H,5-6H2,1H3,(H,18,20)(H,19,21). The summed E-state index contributed by atoms with van der Waals surface area (Å²) in [5.74, 6) is 1.32. The van der Waals surface area contributed by atoms with E-state index in [1.165, 1.54) is 19.8 Å². The first-order valence-electron chi connectivity index (χ1n) is 7.13. The van der Waals surface area contributed by atoms with Crippen molar-refractivity contribution < 1.29 is 4.79 Å². The van der Waals surface area contributed by atoms with E-state index in [1.807, 2.05) is 36.5 Å². The average molecular weight is 282 g/mol. The minimum atomic E-state index is -0.0955. The van der Waals surface area contributed by atoms with E-state index < -0.39 is 0 Å². The average Bonchev–Trinajstić information content (AvgIpc) is 3.31. The van der Waals surface area contributed by atoms with Crippen molar-refractivity contribution in [3.8, 4) is 0 Å². The van der Waals surface area contributed by atoms with Gasteiger partial charge in [0.15, 0.2) is 0 Å². The van der Waals surface area contributed by atoms with Gasteiger partial charge in [-0.3, -0.25) is 9.78 Å². The normalized spacial score (nSPS) is 15.3. The van der Waals surface area contributed by atoms with E-state index in [4.69, 9.17) is 0 Å². The van der Waals surface area contributed by atoms with E-state index in [2.05, 4.69) is 20.6 Å². The molecule has 0 aromatic carbocycles. The summed E-state index contributed by atoms with van der Waals surface area (Å²) in [6, 6.07) is 9.90. The van der Waals surface area contributed by atoms with E-state index in [1.54, 1.807) is 6.20 Å². The molecule has 2 heterocycles. The maximum Gasteiger partial charge on any atom is 0.221 e. The summed E-state index contributed by atoms with van der Waals surface area (Å²) in [6.07, 6.45) is 5.92. The third kappa shape index (κ3) is 3.56. The Labute approximate surface area is 123 Å². The summed E-state index contributed by atoms with van der Waals surface area (Å²) in [7, 11) is 0. The van der Waals surface area contributed by atoms with Gasteiger partial charge in [0.25, 0.3) is 0 Å². The quantitative estimate of drug-likeness (QED) is 0.884. The predicted octanol–water partition coefficient (Wildman–Crippen LogP) is 3.00. The Bertz CT molecular complexity index is 608. The van der Waals surface area contributed by atoms with Gasteiger partial charge in [0.2, 0.25) is 5.91 Å². The van der Waals surface area contributed by atoms with Crippen LogP contribution < -0.4 is 10.6 Å². The molecule has 2 N–H and O–H groups in total. The zero-order chi connectivity index (χ0) is 14.7. The highest BCUT2D eigenvalue weighted by Gasteiger charge is 2.33. The molecule has 2 aromatic heterocycles. The fourth-order valence-corrected chi connectivity index (χ4v) is 2.34. The number of nitrogens with one attached hydrogen (secondary N) is 2. The molecule has 1 saturated carbocycles. The number of anilines is 2. The van der Waals surface area contributed by atoms with E-state index >= 15 is 0 Å². The van der Waals surface area contributed by atoms with Crippen LogP contribution in [0.4, 0.5) is 11.5 Å². The van der Waals surface area contributed by atoms with Gasteiger partial charge in [-0.05, 0) is 43.0 Å². The van der Waals surface area contributed by atoms with Gasteiger partial charge in [-0.2, -0.15) is 0 Å². The second-order valence-electron chi connectivity index (χ2n) is 5.33.